The molecular weight excluding hydrogens is 498 g/mol. The summed E-state index contributed by atoms with van der Waals surface area (Å²) < 4.78 is 5.68. The number of amides is 2. The number of aromatic nitrogens is 1. The van der Waals surface area contributed by atoms with Crippen molar-refractivity contribution in [3.63, 3.8) is 0 Å². The predicted molar refractivity (Wildman–Crippen MR) is 152 cm³/mol. The first-order valence-corrected chi connectivity index (χ1v) is 13.4. The van der Waals surface area contributed by atoms with Gasteiger partial charge in [0.25, 0.3) is 5.91 Å². The number of para-hydroxylation sites is 1. The van der Waals surface area contributed by atoms with Gasteiger partial charge >= 0.3 is 0 Å². The summed E-state index contributed by atoms with van der Waals surface area (Å²) in [5.74, 6) is 0.275. The van der Waals surface area contributed by atoms with Crippen LogP contribution in [0.15, 0.2) is 85.1 Å². The highest BCUT2D eigenvalue weighted by Gasteiger charge is 2.22. The smallest absolute Gasteiger partial charge is 0.260 e. The van der Waals surface area contributed by atoms with E-state index in [1.54, 1.807) is 29.2 Å². The van der Waals surface area contributed by atoms with E-state index in [-0.39, 0.29) is 25.0 Å². The molecule has 1 N–H and O–H groups in total. The van der Waals surface area contributed by atoms with Crippen LogP contribution in [0.3, 0.4) is 0 Å². The van der Waals surface area contributed by atoms with E-state index in [2.05, 4.69) is 24.0 Å². The fourth-order valence-corrected chi connectivity index (χ4v) is 4.49. The number of nitrogens with one attached hydrogen (secondary N) is 1. The van der Waals surface area contributed by atoms with Crippen LogP contribution < -0.4 is 4.74 Å². The lowest BCUT2D eigenvalue weighted by Crippen LogP contribution is -2.45. The molecule has 38 heavy (non-hydrogen) atoms. The minimum atomic E-state index is -0.210. The second-order valence-electron chi connectivity index (χ2n) is 9.32. The monoisotopic (exact) mass is 531 g/mol. The molecule has 0 fully saturated rings. The number of nitrogens with zero attached hydrogens (tertiary/aromatic N) is 2. The van der Waals surface area contributed by atoms with Gasteiger partial charge in [0.05, 0.1) is 6.54 Å². The molecule has 198 valence electrons. The Morgan fingerprint density at radius 1 is 0.868 bits per heavy atom. The van der Waals surface area contributed by atoms with Gasteiger partial charge in [-0.2, -0.15) is 0 Å². The van der Waals surface area contributed by atoms with Crippen molar-refractivity contribution in [2.45, 2.75) is 32.7 Å². The third kappa shape index (κ3) is 7.62. The summed E-state index contributed by atoms with van der Waals surface area (Å²) in [7, 11) is 0. The minimum Gasteiger partial charge on any atom is -0.484 e. The normalized spacial score (nSPS) is 10.9. The van der Waals surface area contributed by atoms with Gasteiger partial charge in [-0.05, 0) is 54.3 Å². The molecule has 0 saturated heterocycles. The van der Waals surface area contributed by atoms with Crippen LogP contribution in [0, 0.1) is 0 Å². The SMILES string of the molecule is CCCCN(CC(=O)N(CCc1c[nH]c2ccccc12)Cc1ccccc1)C(=O)COc1ccc(Cl)cc1. The number of H-pyrrole nitrogens is 1. The third-order valence-corrected chi connectivity index (χ3v) is 6.78. The van der Waals surface area contributed by atoms with Gasteiger partial charge in [0.1, 0.15) is 5.75 Å². The molecule has 0 aliphatic rings. The Hall–Kier alpha value is -3.77. The van der Waals surface area contributed by atoms with E-state index < -0.39 is 0 Å². The van der Waals surface area contributed by atoms with Gasteiger partial charge in [-0.3, -0.25) is 9.59 Å². The Kier molecular flexibility index (Phi) is 9.82. The average molecular weight is 532 g/mol. The zero-order chi connectivity index (χ0) is 26.7. The first-order chi connectivity index (χ1) is 18.5. The van der Waals surface area contributed by atoms with Crippen molar-refractivity contribution < 1.29 is 14.3 Å². The van der Waals surface area contributed by atoms with Crippen LogP contribution in [0.25, 0.3) is 10.9 Å². The molecule has 0 radical (unpaired) electrons. The molecule has 4 aromatic rings. The molecule has 4 rings (SSSR count). The van der Waals surface area contributed by atoms with Crippen LogP contribution in [-0.4, -0.2) is 52.8 Å². The van der Waals surface area contributed by atoms with E-state index >= 15 is 0 Å². The van der Waals surface area contributed by atoms with Crippen LogP contribution in [0.1, 0.15) is 30.9 Å². The van der Waals surface area contributed by atoms with Gasteiger partial charge < -0.3 is 19.5 Å². The third-order valence-electron chi connectivity index (χ3n) is 6.53. The van der Waals surface area contributed by atoms with Crippen molar-refractivity contribution in [1.82, 2.24) is 14.8 Å². The van der Waals surface area contributed by atoms with E-state index in [1.165, 1.54) is 10.9 Å². The van der Waals surface area contributed by atoms with Gasteiger partial charge in [-0.15, -0.1) is 0 Å². The fourth-order valence-electron chi connectivity index (χ4n) is 4.36. The lowest BCUT2D eigenvalue weighted by molar-refractivity contribution is -0.142. The van der Waals surface area contributed by atoms with E-state index in [4.69, 9.17) is 16.3 Å². The Balaban J connectivity index is 1.45. The maximum Gasteiger partial charge on any atom is 0.260 e. The van der Waals surface area contributed by atoms with Gasteiger partial charge in [-0.1, -0.05) is 73.5 Å². The largest absolute Gasteiger partial charge is 0.484 e. The lowest BCUT2D eigenvalue weighted by Gasteiger charge is -2.28. The van der Waals surface area contributed by atoms with Gasteiger partial charge in [0, 0.05) is 41.8 Å². The molecule has 0 aliphatic heterocycles. The molecule has 0 saturated carbocycles. The van der Waals surface area contributed by atoms with Gasteiger partial charge in [0.2, 0.25) is 5.91 Å². The van der Waals surface area contributed by atoms with Crippen molar-refractivity contribution in [2.24, 2.45) is 0 Å². The summed E-state index contributed by atoms with van der Waals surface area (Å²) >= 11 is 5.94. The first kappa shape index (κ1) is 27.3. The number of fused-ring (bicyclic) bond motifs is 1. The molecule has 0 atom stereocenters. The molecule has 1 aromatic heterocycles. The zero-order valence-corrected chi connectivity index (χ0v) is 22.5. The molecule has 7 heteroatoms. The number of halogens is 1. The number of carbonyl (C=O) groups is 2. The number of hydrogen-bond acceptors (Lipinski definition) is 3. The van der Waals surface area contributed by atoms with E-state index in [0.717, 1.165) is 23.9 Å². The molecule has 2 amide bonds. The number of benzene rings is 3. The van der Waals surface area contributed by atoms with Crippen LogP contribution in [-0.2, 0) is 22.6 Å². The molecular formula is C31H34ClN3O3. The molecule has 1 heterocycles. The number of ether oxygens (including phenoxy) is 1. The zero-order valence-electron chi connectivity index (χ0n) is 21.7. The number of hydrogen-bond donors (Lipinski definition) is 1. The van der Waals surface area contributed by atoms with Gasteiger partial charge in [-0.25, -0.2) is 0 Å². The maximum absolute atomic E-state index is 13.6. The van der Waals surface area contributed by atoms with E-state index in [0.29, 0.717) is 36.8 Å². The number of carbonyl (C=O) groups excluding carboxylic acids is 2. The molecule has 0 spiro atoms. The average Bonchev–Trinajstić information content (AvgIpc) is 3.36. The van der Waals surface area contributed by atoms with Crippen LogP contribution >= 0.6 is 11.6 Å². The highest BCUT2D eigenvalue weighted by molar-refractivity contribution is 6.30. The highest BCUT2D eigenvalue weighted by Crippen LogP contribution is 2.19. The maximum atomic E-state index is 13.6. The summed E-state index contributed by atoms with van der Waals surface area (Å²) in [4.78, 5) is 33.5. The standard InChI is InChI=1S/C31H34ClN3O3/c1-2-3-18-34(31(37)23-38-27-15-13-26(32)14-16-27)22-30(36)35(21-24-9-5-4-6-10-24)19-17-25-20-33-29-12-8-7-11-28(25)29/h4-16,20,33H,2-3,17-19,21-23H2,1H3. The van der Waals surface area contributed by atoms with Crippen molar-refractivity contribution >= 4 is 34.3 Å². The van der Waals surface area contributed by atoms with Crippen molar-refractivity contribution in [3.8, 4) is 5.75 Å². The predicted octanol–water partition coefficient (Wildman–Crippen LogP) is 6.10. The first-order valence-electron chi connectivity index (χ1n) is 13.1. The number of aromatic amines is 1. The highest BCUT2D eigenvalue weighted by atomic mass is 35.5. The van der Waals surface area contributed by atoms with Crippen LogP contribution in [0.4, 0.5) is 0 Å². The Bertz CT molecular complexity index is 1320. The molecule has 0 aliphatic carbocycles. The quantitative estimate of drug-likeness (QED) is 0.227. The second-order valence-corrected chi connectivity index (χ2v) is 9.76. The Morgan fingerprint density at radius 2 is 1.61 bits per heavy atom. The van der Waals surface area contributed by atoms with Gasteiger partial charge in [0.15, 0.2) is 6.61 Å². The fraction of sp³-hybridized carbons (Fsp3) is 0.290. The lowest BCUT2D eigenvalue weighted by atomic mass is 10.1. The van der Waals surface area contributed by atoms with Crippen molar-refractivity contribution in [3.05, 3.63) is 101 Å². The summed E-state index contributed by atoms with van der Waals surface area (Å²) in [6, 6.07) is 25.0. The molecule has 0 bridgehead atoms. The van der Waals surface area contributed by atoms with E-state index in [1.807, 2.05) is 53.6 Å². The minimum absolute atomic E-state index is 0.0174. The van der Waals surface area contributed by atoms with Crippen molar-refractivity contribution in [2.75, 3.05) is 26.2 Å². The number of unbranched alkanes of at least 4 members (excludes halogenated alkanes) is 1. The number of rotatable bonds is 13. The van der Waals surface area contributed by atoms with Crippen molar-refractivity contribution in [1.29, 1.82) is 0 Å². The summed E-state index contributed by atoms with van der Waals surface area (Å²) in [5, 5.41) is 1.77. The Morgan fingerprint density at radius 3 is 2.37 bits per heavy atom. The molecule has 0 unspecified atom stereocenters. The molecule has 3 aromatic carbocycles. The summed E-state index contributed by atoms with van der Waals surface area (Å²) in [6.07, 6.45) is 4.46. The summed E-state index contributed by atoms with van der Waals surface area (Å²) in [5.41, 5.74) is 3.31. The molecule has 6 nitrogen and oxygen atoms in total. The summed E-state index contributed by atoms with van der Waals surface area (Å²) in [6.45, 7) is 3.49. The topological polar surface area (TPSA) is 65.6 Å². The van der Waals surface area contributed by atoms with E-state index in [9.17, 15) is 9.59 Å². The van der Waals surface area contributed by atoms with Crippen LogP contribution in [0.2, 0.25) is 5.02 Å². The second kappa shape index (κ2) is 13.7. The Labute approximate surface area is 229 Å². The van der Waals surface area contributed by atoms with Crippen LogP contribution in [0.5, 0.6) is 5.75 Å².